The van der Waals surface area contributed by atoms with Gasteiger partial charge in [0.2, 0.25) is 0 Å². The number of aromatic hydroxyl groups is 1. The van der Waals surface area contributed by atoms with Gasteiger partial charge in [0, 0.05) is 11.6 Å². The van der Waals surface area contributed by atoms with E-state index in [0.717, 1.165) is 28.6 Å². The Hall–Kier alpha value is -0.740. The molecule has 1 aliphatic heterocycles. The third-order valence-electron chi connectivity index (χ3n) is 3.60. The van der Waals surface area contributed by atoms with Crippen molar-refractivity contribution in [3.8, 4) is 11.5 Å². The van der Waals surface area contributed by atoms with E-state index in [9.17, 15) is 5.11 Å². The molecule has 0 amide bonds. The standard InChI is InChI=1S/C14H20BrNO2/c1-9-7-12(15)14(18-2)13(17)11(9)8-10-5-3-4-6-16-10/h7,10,16-17H,3-6,8H2,1-2H3. The maximum absolute atomic E-state index is 10.3. The number of nitrogens with one attached hydrogen (secondary N) is 1. The summed E-state index contributed by atoms with van der Waals surface area (Å²) in [5.41, 5.74) is 2.10. The zero-order valence-electron chi connectivity index (χ0n) is 10.9. The Morgan fingerprint density at radius 2 is 2.28 bits per heavy atom. The van der Waals surface area contributed by atoms with Crippen molar-refractivity contribution >= 4 is 15.9 Å². The van der Waals surface area contributed by atoms with Crippen molar-refractivity contribution in [3.63, 3.8) is 0 Å². The van der Waals surface area contributed by atoms with Crippen molar-refractivity contribution < 1.29 is 9.84 Å². The zero-order valence-corrected chi connectivity index (χ0v) is 12.5. The predicted molar refractivity (Wildman–Crippen MR) is 76.4 cm³/mol. The van der Waals surface area contributed by atoms with E-state index in [1.165, 1.54) is 19.3 Å². The van der Waals surface area contributed by atoms with E-state index in [-0.39, 0.29) is 5.75 Å². The van der Waals surface area contributed by atoms with Crippen LogP contribution in [0.2, 0.25) is 0 Å². The van der Waals surface area contributed by atoms with E-state index >= 15 is 0 Å². The lowest BCUT2D eigenvalue weighted by Gasteiger charge is -2.25. The number of piperidine rings is 1. The maximum Gasteiger partial charge on any atom is 0.174 e. The summed E-state index contributed by atoms with van der Waals surface area (Å²) in [6.07, 6.45) is 4.56. The summed E-state index contributed by atoms with van der Waals surface area (Å²) >= 11 is 3.42. The third kappa shape index (κ3) is 2.81. The van der Waals surface area contributed by atoms with E-state index in [2.05, 4.69) is 21.2 Å². The fourth-order valence-electron chi connectivity index (χ4n) is 2.58. The van der Waals surface area contributed by atoms with Crippen LogP contribution in [0, 0.1) is 6.92 Å². The number of rotatable bonds is 3. The van der Waals surface area contributed by atoms with Gasteiger partial charge in [-0.15, -0.1) is 0 Å². The lowest BCUT2D eigenvalue weighted by molar-refractivity contribution is 0.360. The van der Waals surface area contributed by atoms with Crippen LogP contribution in [0.4, 0.5) is 0 Å². The monoisotopic (exact) mass is 313 g/mol. The maximum atomic E-state index is 10.3. The molecule has 0 aliphatic carbocycles. The molecule has 1 aliphatic rings. The van der Waals surface area contributed by atoms with Crippen LogP contribution in [0.3, 0.4) is 0 Å². The summed E-state index contributed by atoms with van der Waals surface area (Å²) in [6, 6.07) is 2.48. The van der Waals surface area contributed by atoms with Gasteiger partial charge in [0.25, 0.3) is 0 Å². The van der Waals surface area contributed by atoms with Crippen LogP contribution in [-0.2, 0) is 6.42 Å². The molecule has 4 heteroatoms. The highest BCUT2D eigenvalue weighted by Crippen LogP contribution is 2.40. The van der Waals surface area contributed by atoms with Crippen molar-refractivity contribution in [2.75, 3.05) is 13.7 Å². The van der Waals surface area contributed by atoms with Gasteiger partial charge in [0.15, 0.2) is 11.5 Å². The number of aryl methyl sites for hydroxylation is 1. The van der Waals surface area contributed by atoms with Gasteiger partial charge in [0.1, 0.15) is 0 Å². The first-order valence-electron chi connectivity index (χ1n) is 6.41. The number of phenolic OH excluding ortho intramolecular Hbond substituents is 1. The van der Waals surface area contributed by atoms with Gasteiger partial charge in [-0.25, -0.2) is 0 Å². The highest BCUT2D eigenvalue weighted by Gasteiger charge is 2.20. The highest BCUT2D eigenvalue weighted by molar-refractivity contribution is 9.10. The number of benzene rings is 1. The molecule has 1 aromatic carbocycles. The highest BCUT2D eigenvalue weighted by atomic mass is 79.9. The van der Waals surface area contributed by atoms with Crippen molar-refractivity contribution in [2.45, 2.75) is 38.6 Å². The van der Waals surface area contributed by atoms with Gasteiger partial charge < -0.3 is 15.2 Å². The van der Waals surface area contributed by atoms with E-state index < -0.39 is 0 Å². The number of ether oxygens (including phenoxy) is 1. The van der Waals surface area contributed by atoms with Gasteiger partial charge in [-0.1, -0.05) is 6.42 Å². The van der Waals surface area contributed by atoms with E-state index in [0.29, 0.717) is 11.8 Å². The van der Waals surface area contributed by atoms with Gasteiger partial charge >= 0.3 is 0 Å². The van der Waals surface area contributed by atoms with Crippen LogP contribution in [-0.4, -0.2) is 24.8 Å². The molecule has 1 fully saturated rings. The Morgan fingerprint density at radius 1 is 1.50 bits per heavy atom. The Morgan fingerprint density at radius 3 is 2.89 bits per heavy atom. The van der Waals surface area contributed by atoms with Crippen LogP contribution >= 0.6 is 15.9 Å². The summed E-state index contributed by atoms with van der Waals surface area (Å²) in [5.74, 6) is 0.808. The summed E-state index contributed by atoms with van der Waals surface area (Å²) in [5, 5.41) is 13.8. The van der Waals surface area contributed by atoms with Crippen LogP contribution in [0.5, 0.6) is 11.5 Å². The van der Waals surface area contributed by atoms with Gasteiger partial charge in [0.05, 0.1) is 11.6 Å². The molecular weight excluding hydrogens is 294 g/mol. The molecule has 3 nitrogen and oxygen atoms in total. The van der Waals surface area contributed by atoms with E-state index in [4.69, 9.17) is 4.74 Å². The second-order valence-corrected chi connectivity index (χ2v) is 5.74. The van der Waals surface area contributed by atoms with Crippen molar-refractivity contribution in [2.24, 2.45) is 0 Å². The molecule has 18 heavy (non-hydrogen) atoms. The molecule has 0 aromatic heterocycles. The van der Waals surface area contributed by atoms with E-state index in [1.54, 1.807) is 7.11 Å². The zero-order chi connectivity index (χ0) is 13.1. The minimum absolute atomic E-state index is 0.275. The number of methoxy groups -OCH3 is 1. The average molecular weight is 314 g/mol. The second-order valence-electron chi connectivity index (χ2n) is 4.89. The Balaban J connectivity index is 2.26. The van der Waals surface area contributed by atoms with Crippen LogP contribution in [0.15, 0.2) is 10.5 Å². The average Bonchev–Trinajstić information content (AvgIpc) is 2.36. The molecule has 2 rings (SSSR count). The van der Waals surface area contributed by atoms with Gasteiger partial charge in [-0.3, -0.25) is 0 Å². The molecule has 1 atom stereocenters. The molecule has 0 saturated carbocycles. The van der Waals surface area contributed by atoms with Crippen LogP contribution < -0.4 is 10.1 Å². The van der Waals surface area contributed by atoms with Crippen molar-refractivity contribution in [1.82, 2.24) is 5.32 Å². The van der Waals surface area contributed by atoms with Crippen LogP contribution in [0.25, 0.3) is 0 Å². The smallest absolute Gasteiger partial charge is 0.174 e. The number of hydrogen-bond donors (Lipinski definition) is 2. The first-order valence-corrected chi connectivity index (χ1v) is 7.21. The SMILES string of the molecule is COc1c(Br)cc(C)c(CC2CCCCN2)c1O. The largest absolute Gasteiger partial charge is 0.504 e. The van der Waals surface area contributed by atoms with Crippen molar-refractivity contribution in [1.29, 1.82) is 0 Å². The number of phenols is 1. The normalized spacial score (nSPS) is 19.8. The van der Waals surface area contributed by atoms with Gasteiger partial charge in [-0.2, -0.15) is 0 Å². The predicted octanol–water partition coefficient (Wildman–Crippen LogP) is 3.16. The molecule has 1 aromatic rings. The molecule has 1 unspecified atom stereocenters. The van der Waals surface area contributed by atoms with E-state index in [1.807, 2.05) is 13.0 Å². The molecule has 1 saturated heterocycles. The second kappa shape index (κ2) is 5.93. The topological polar surface area (TPSA) is 41.5 Å². The Bertz CT molecular complexity index is 428. The molecular formula is C14H20BrNO2. The fraction of sp³-hybridized carbons (Fsp3) is 0.571. The lowest BCUT2D eigenvalue weighted by atomic mass is 9.94. The minimum Gasteiger partial charge on any atom is -0.504 e. The molecule has 2 N–H and O–H groups in total. The number of halogens is 1. The summed E-state index contributed by atoms with van der Waals surface area (Å²) in [7, 11) is 1.58. The summed E-state index contributed by atoms with van der Waals surface area (Å²) < 4.78 is 6.05. The summed E-state index contributed by atoms with van der Waals surface area (Å²) in [4.78, 5) is 0. The summed E-state index contributed by atoms with van der Waals surface area (Å²) in [6.45, 7) is 3.11. The van der Waals surface area contributed by atoms with Crippen LogP contribution in [0.1, 0.15) is 30.4 Å². The molecule has 1 heterocycles. The lowest BCUT2D eigenvalue weighted by Crippen LogP contribution is -2.35. The fourth-order valence-corrected chi connectivity index (χ4v) is 3.27. The molecule has 100 valence electrons. The quantitative estimate of drug-likeness (QED) is 0.900. The minimum atomic E-state index is 0.275. The van der Waals surface area contributed by atoms with Crippen molar-refractivity contribution in [3.05, 3.63) is 21.7 Å². The molecule has 0 bridgehead atoms. The first kappa shape index (κ1) is 13.7. The first-order chi connectivity index (χ1) is 8.63. The molecule has 0 spiro atoms. The third-order valence-corrected chi connectivity index (χ3v) is 4.19. The Labute approximate surface area is 117 Å². The molecule has 0 radical (unpaired) electrons. The number of hydrogen-bond acceptors (Lipinski definition) is 3. The Kier molecular flexibility index (Phi) is 4.51. The van der Waals surface area contributed by atoms with Gasteiger partial charge in [-0.05, 0) is 60.3 Å².